The summed E-state index contributed by atoms with van der Waals surface area (Å²) in [7, 11) is 0. The van der Waals surface area contributed by atoms with E-state index in [4.69, 9.17) is 5.11 Å². The number of fused-ring (bicyclic) bond motifs is 1. The van der Waals surface area contributed by atoms with Crippen molar-refractivity contribution in [1.82, 2.24) is 24.5 Å². The second-order valence-electron chi connectivity index (χ2n) is 6.20. The molecule has 1 atom stereocenters. The molecule has 2 aromatic heterocycles. The maximum absolute atomic E-state index is 9.72. The molecule has 0 saturated heterocycles. The molecule has 0 aromatic carbocycles. The molecule has 3 rings (SSSR count). The topological polar surface area (TPSA) is 79.3 Å². The van der Waals surface area contributed by atoms with E-state index in [9.17, 15) is 5.11 Å². The van der Waals surface area contributed by atoms with Crippen LogP contribution in [-0.4, -0.2) is 47.8 Å². The second kappa shape index (κ2) is 6.82. The average Bonchev–Trinajstić information content (AvgIpc) is 3.10. The molecule has 23 heavy (non-hydrogen) atoms. The molecule has 1 aliphatic heterocycles. The van der Waals surface area contributed by atoms with Crippen molar-refractivity contribution in [2.45, 2.75) is 52.6 Å². The summed E-state index contributed by atoms with van der Waals surface area (Å²) in [5.41, 5.74) is 3.99. The zero-order valence-electron chi connectivity index (χ0n) is 13.8. The molecule has 3 heterocycles. The highest BCUT2D eigenvalue weighted by molar-refractivity contribution is 5.17. The van der Waals surface area contributed by atoms with Crippen LogP contribution < -0.4 is 0 Å². The maximum atomic E-state index is 9.72. The van der Waals surface area contributed by atoms with Crippen LogP contribution in [0.25, 0.3) is 0 Å². The lowest BCUT2D eigenvalue weighted by Crippen LogP contribution is -2.33. The van der Waals surface area contributed by atoms with Gasteiger partial charge in [-0.1, -0.05) is 6.92 Å². The smallest absolute Gasteiger partial charge is 0.121 e. The molecule has 7 heteroatoms. The van der Waals surface area contributed by atoms with Crippen LogP contribution in [0.1, 0.15) is 42.1 Å². The highest BCUT2D eigenvalue weighted by atomic mass is 16.3. The molecule has 0 fully saturated rings. The Bertz CT molecular complexity index is 663. The number of hydrogen-bond donors (Lipinski definition) is 2. The number of aliphatic hydroxyl groups excluding tert-OH is 2. The lowest BCUT2D eigenvalue weighted by atomic mass is 10.2. The monoisotopic (exact) mass is 319 g/mol. The zero-order chi connectivity index (χ0) is 16.4. The number of aromatic nitrogens is 4. The van der Waals surface area contributed by atoms with Crippen LogP contribution in [0.2, 0.25) is 0 Å². The van der Waals surface area contributed by atoms with Crippen LogP contribution in [0.4, 0.5) is 0 Å². The molecular formula is C16H25N5O2. The third-order valence-corrected chi connectivity index (χ3v) is 4.30. The predicted molar refractivity (Wildman–Crippen MR) is 85.6 cm³/mol. The molecule has 2 aromatic rings. The van der Waals surface area contributed by atoms with E-state index in [1.54, 1.807) is 0 Å². The van der Waals surface area contributed by atoms with Crippen LogP contribution in [0.3, 0.4) is 0 Å². The first-order chi connectivity index (χ1) is 11.1. The van der Waals surface area contributed by atoms with Crippen molar-refractivity contribution >= 4 is 0 Å². The minimum absolute atomic E-state index is 0.296. The van der Waals surface area contributed by atoms with Crippen molar-refractivity contribution in [1.29, 1.82) is 0 Å². The summed E-state index contributed by atoms with van der Waals surface area (Å²) >= 11 is 0. The Kier molecular flexibility index (Phi) is 4.79. The van der Waals surface area contributed by atoms with Gasteiger partial charge in [0.25, 0.3) is 0 Å². The highest BCUT2D eigenvalue weighted by Gasteiger charge is 2.21. The molecular weight excluding hydrogens is 294 g/mol. The van der Waals surface area contributed by atoms with Gasteiger partial charge in [-0.15, -0.1) is 0 Å². The van der Waals surface area contributed by atoms with Gasteiger partial charge in [0, 0.05) is 37.9 Å². The van der Waals surface area contributed by atoms with Crippen LogP contribution in [0.15, 0.2) is 12.3 Å². The van der Waals surface area contributed by atoms with E-state index in [1.165, 1.54) is 5.56 Å². The fraction of sp³-hybridized carbons (Fsp3) is 0.625. The number of aliphatic hydroxyl groups is 2. The first-order valence-electron chi connectivity index (χ1n) is 8.21. The summed E-state index contributed by atoms with van der Waals surface area (Å²) < 4.78 is 3.95. The number of hydrogen-bond acceptors (Lipinski definition) is 5. The third-order valence-electron chi connectivity index (χ3n) is 4.30. The zero-order valence-corrected chi connectivity index (χ0v) is 13.8. The molecule has 1 aliphatic rings. The maximum Gasteiger partial charge on any atom is 0.121 e. The largest absolute Gasteiger partial charge is 0.393 e. The summed E-state index contributed by atoms with van der Waals surface area (Å²) in [5.74, 6) is 0. The predicted octanol–water partition coefficient (Wildman–Crippen LogP) is 0.840. The molecule has 0 radical (unpaired) electrons. The van der Waals surface area contributed by atoms with Crippen molar-refractivity contribution < 1.29 is 10.2 Å². The molecule has 7 nitrogen and oxygen atoms in total. The number of nitrogens with zero attached hydrogens (tertiary/aromatic N) is 5. The van der Waals surface area contributed by atoms with Crippen LogP contribution >= 0.6 is 0 Å². The van der Waals surface area contributed by atoms with Crippen molar-refractivity contribution in [2.24, 2.45) is 0 Å². The van der Waals surface area contributed by atoms with Gasteiger partial charge in [0.15, 0.2) is 0 Å². The number of aryl methyl sites for hydroxylation is 2. The Hall–Kier alpha value is -1.70. The van der Waals surface area contributed by atoms with Crippen molar-refractivity contribution in [2.75, 3.05) is 13.2 Å². The molecule has 0 amide bonds. The SMILES string of the molecule is CCCn1cc(CN2CCn3nc([C@@H](O)CO)cc3C2)c(C)n1. The highest BCUT2D eigenvalue weighted by Crippen LogP contribution is 2.20. The van der Waals surface area contributed by atoms with Gasteiger partial charge in [-0.05, 0) is 19.4 Å². The van der Waals surface area contributed by atoms with E-state index < -0.39 is 6.10 Å². The minimum atomic E-state index is -0.893. The Morgan fingerprint density at radius 1 is 1.30 bits per heavy atom. The van der Waals surface area contributed by atoms with Gasteiger partial charge in [0.1, 0.15) is 6.10 Å². The molecule has 126 valence electrons. The second-order valence-corrected chi connectivity index (χ2v) is 6.20. The van der Waals surface area contributed by atoms with Crippen molar-refractivity contribution in [3.05, 3.63) is 34.9 Å². The molecule has 0 bridgehead atoms. The van der Waals surface area contributed by atoms with E-state index in [-0.39, 0.29) is 6.61 Å². The van der Waals surface area contributed by atoms with Gasteiger partial charge in [-0.2, -0.15) is 10.2 Å². The summed E-state index contributed by atoms with van der Waals surface area (Å²) in [5, 5.41) is 27.7. The summed E-state index contributed by atoms with van der Waals surface area (Å²) in [6.07, 6.45) is 2.33. The fourth-order valence-corrected chi connectivity index (χ4v) is 3.03. The van der Waals surface area contributed by atoms with E-state index in [0.717, 1.165) is 50.5 Å². The quantitative estimate of drug-likeness (QED) is 0.825. The van der Waals surface area contributed by atoms with Crippen molar-refractivity contribution in [3.63, 3.8) is 0 Å². The Balaban J connectivity index is 1.68. The minimum Gasteiger partial charge on any atom is -0.393 e. The van der Waals surface area contributed by atoms with Crippen LogP contribution in [0, 0.1) is 6.92 Å². The van der Waals surface area contributed by atoms with Gasteiger partial charge in [0.2, 0.25) is 0 Å². The van der Waals surface area contributed by atoms with E-state index in [0.29, 0.717) is 5.69 Å². The summed E-state index contributed by atoms with van der Waals surface area (Å²) in [6, 6.07) is 1.89. The molecule has 0 saturated carbocycles. The lowest BCUT2D eigenvalue weighted by molar-refractivity contribution is 0.0915. The van der Waals surface area contributed by atoms with Gasteiger partial charge in [-0.3, -0.25) is 14.3 Å². The summed E-state index contributed by atoms with van der Waals surface area (Å²) in [4.78, 5) is 2.37. The molecule has 0 aliphatic carbocycles. The van der Waals surface area contributed by atoms with Gasteiger partial charge in [0.05, 0.1) is 30.2 Å². The van der Waals surface area contributed by atoms with Crippen LogP contribution in [0.5, 0.6) is 0 Å². The summed E-state index contributed by atoms with van der Waals surface area (Å²) in [6.45, 7) is 8.26. The van der Waals surface area contributed by atoms with Crippen molar-refractivity contribution in [3.8, 4) is 0 Å². The standard InChI is InChI=1S/C16H25N5O2/c1-3-4-20-9-13(12(2)17-20)8-19-5-6-21-14(10-19)7-15(18-21)16(23)11-22/h7,9,16,22-23H,3-6,8,10-11H2,1-2H3/t16-/m0/s1. The fourth-order valence-electron chi connectivity index (χ4n) is 3.03. The lowest BCUT2D eigenvalue weighted by Gasteiger charge is -2.27. The first-order valence-corrected chi connectivity index (χ1v) is 8.21. The Labute approximate surface area is 136 Å². The van der Waals surface area contributed by atoms with Gasteiger partial charge < -0.3 is 10.2 Å². The van der Waals surface area contributed by atoms with E-state index >= 15 is 0 Å². The molecule has 0 spiro atoms. The Morgan fingerprint density at radius 3 is 2.87 bits per heavy atom. The first kappa shape index (κ1) is 16.2. The molecule has 2 N–H and O–H groups in total. The third kappa shape index (κ3) is 3.46. The van der Waals surface area contributed by atoms with Gasteiger partial charge in [-0.25, -0.2) is 0 Å². The average molecular weight is 319 g/mol. The van der Waals surface area contributed by atoms with E-state index in [2.05, 4.69) is 35.1 Å². The van der Waals surface area contributed by atoms with Crippen LogP contribution in [-0.2, 0) is 26.2 Å². The Morgan fingerprint density at radius 2 is 2.13 bits per heavy atom. The van der Waals surface area contributed by atoms with Gasteiger partial charge >= 0.3 is 0 Å². The molecule has 0 unspecified atom stereocenters. The van der Waals surface area contributed by atoms with E-state index in [1.807, 2.05) is 15.4 Å². The normalized spacial score (nSPS) is 16.5. The number of rotatable bonds is 6.